The highest BCUT2D eigenvalue weighted by Gasteiger charge is 2.01. The Bertz CT molecular complexity index is 474. The fraction of sp³-hybridized carbons (Fsp3) is 0.154. The van der Waals surface area contributed by atoms with Crippen LogP contribution in [0.3, 0.4) is 0 Å². The first-order valence-electron chi connectivity index (χ1n) is 4.89. The fourth-order valence-corrected chi connectivity index (χ4v) is 1.45. The molecule has 2 rings (SSSR count). The van der Waals surface area contributed by atoms with Gasteiger partial charge in [0.05, 0.1) is 5.69 Å². The Morgan fingerprint density at radius 3 is 2.47 bits per heavy atom. The minimum atomic E-state index is 0.325. The lowest BCUT2D eigenvalue weighted by molar-refractivity contribution is 0.471. The van der Waals surface area contributed by atoms with E-state index in [0.717, 1.165) is 22.4 Å². The van der Waals surface area contributed by atoms with Crippen molar-refractivity contribution in [3.63, 3.8) is 0 Å². The number of aryl methyl sites for hydroxylation is 2. The zero-order valence-electron chi connectivity index (χ0n) is 8.86. The van der Waals surface area contributed by atoms with Crippen LogP contribution in [0, 0.1) is 13.8 Å². The maximum Gasteiger partial charge on any atom is 0.118 e. The van der Waals surface area contributed by atoms with E-state index in [2.05, 4.69) is 4.98 Å². The number of aromatic hydroxyl groups is 1. The van der Waals surface area contributed by atoms with Crippen molar-refractivity contribution in [2.45, 2.75) is 13.8 Å². The second-order valence-electron chi connectivity index (χ2n) is 3.72. The van der Waals surface area contributed by atoms with Crippen LogP contribution in [-0.4, -0.2) is 10.1 Å². The number of pyridine rings is 1. The lowest BCUT2D eigenvalue weighted by Crippen LogP contribution is -1.85. The molecule has 76 valence electrons. The molecule has 0 bridgehead atoms. The van der Waals surface area contributed by atoms with Gasteiger partial charge in [-0.1, -0.05) is 6.07 Å². The van der Waals surface area contributed by atoms with E-state index in [1.165, 1.54) is 0 Å². The minimum Gasteiger partial charge on any atom is -0.508 e. The highest BCUT2D eigenvalue weighted by molar-refractivity contribution is 5.61. The summed E-state index contributed by atoms with van der Waals surface area (Å²) in [4.78, 5) is 4.34. The Morgan fingerprint density at radius 1 is 1.07 bits per heavy atom. The van der Waals surface area contributed by atoms with Crippen molar-refractivity contribution in [1.82, 2.24) is 4.98 Å². The summed E-state index contributed by atoms with van der Waals surface area (Å²) < 4.78 is 0. The van der Waals surface area contributed by atoms with E-state index < -0.39 is 0 Å². The maximum absolute atomic E-state index is 9.41. The maximum atomic E-state index is 9.41. The summed E-state index contributed by atoms with van der Waals surface area (Å²) in [6, 6.07) is 9.53. The first kappa shape index (κ1) is 9.71. The van der Waals surface area contributed by atoms with Crippen LogP contribution in [0.2, 0.25) is 0 Å². The second-order valence-corrected chi connectivity index (χ2v) is 3.72. The molecule has 0 aliphatic heterocycles. The van der Waals surface area contributed by atoms with E-state index in [0.29, 0.717) is 5.75 Å². The predicted octanol–water partition coefficient (Wildman–Crippen LogP) is 3.07. The van der Waals surface area contributed by atoms with Gasteiger partial charge < -0.3 is 5.11 Å². The number of phenolic OH excluding ortho intramolecular Hbond substituents is 1. The van der Waals surface area contributed by atoms with Crippen LogP contribution < -0.4 is 0 Å². The monoisotopic (exact) mass is 199 g/mol. The summed E-state index contributed by atoms with van der Waals surface area (Å²) in [7, 11) is 0. The molecule has 0 atom stereocenters. The molecule has 2 nitrogen and oxygen atoms in total. The third kappa shape index (κ3) is 1.99. The highest BCUT2D eigenvalue weighted by atomic mass is 16.3. The standard InChI is InChI=1S/C13H13NO/c1-9-3-5-12(14-8-9)11-4-6-13(15)10(2)7-11/h3-8,15H,1-2H3. The molecule has 2 aromatic rings. The predicted molar refractivity (Wildman–Crippen MR) is 60.8 cm³/mol. The van der Waals surface area contributed by atoms with Crippen LogP contribution >= 0.6 is 0 Å². The zero-order valence-corrected chi connectivity index (χ0v) is 8.86. The van der Waals surface area contributed by atoms with Crippen LogP contribution in [0.5, 0.6) is 5.75 Å². The van der Waals surface area contributed by atoms with Crippen molar-refractivity contribution < 1.29 is 5.11 Å². The SMILES string of the molecule is Cc1ccc(-c2ccc(O)c(C)c2)nc1. The van der Waals surface area contributed by atoms with Gasteiger partial charge >= 0.3 is 0 Å². The van der Waals surface area contributed by atoms with Crippen LogP contribution in [0.4, 0.5) is 0 Å². The van der Waals surface area contributed by atoms with Gasteiger partial charge in [0.1, 0.15) is 5.75 Å². The van der Waals surface area contributed by atoms with Crippen LogP contribution in [0.1, 0.15) is 11.1 Å². The Balaban J connectivity index is 2.45. The van der Waals surface area contributed by atoms with Gasteiger partial charge in [-0.3, -0.25) is 4.98 Å². The normalized spacial score (nSPS) is 10.3. The van der Waals surface area contributed by atoms with E-state index >= 15 is 0 Å². The van der Waals surface area contributed by atoms with Crippen molar-refractivity contribution >= 4 is 0 Å². The van der Waals surface area contributed by atoms with Crippen LogP contribution in [-0.2, 0) is 0 Å². The molecule has 0 radical (unpaired) electrons. The Hall–Kier alpha value is -1.83. The molecule has 15 heavy (non-hydrogen) atoms. The first-order chi connectivity index (χ1) is 7.16. The molecule has 0 amide bonds. The number of aromatic nitrogens is 1. The van der Waals surface area contributed by atoms with Gasteiger partial charge in [0.15, 0.2) is 0 Å². The largest absolute Gasteiger partial charge is 0.508 e. The molecule has 0 unspecified atom stereocenters. The molecule has 0 fully saturated rings. The van der Waals surface area contributed by atoms with E-state index in [1.54, 1.807) is 6.07 Å². The molecule has 0 aliphatic rings. The summed E-state index contributed by atoms with van der Waals surface area (Å²) in [5, 5.41) is 9.41. The lowest BCUT2D eigenvalue weighted by Gasteiger charge is -2.04. The molecule has 0 aliphatic carbocycles. The van der Waals surface area contributed by atoms with Crippen molar-refractivity contribution in [1.29, 1.82) is 0 Å². The van der Waals surface area contributed by atoms with E-state index in [-0.39, 0.29) is 0 Å². The number of rotatable bonds is 1. The van der Waals surface area contributed by atoms with Crippen molar-refractivity contribution in [3.8, 4) is 17.0 Å². The molecule has 1 heterocycles. The summed E-state index contributed by atoms with van der Waals surface area (Å²) in [6.45, 7) is 3.89. The van der Waals surface area contributed by atoms with Crippen LogP contribution in [0.25, 0.3) is 11.3 Å². The van der Waals surface area contributed by atoms with Crippen molar-refractivity contribution in [3.05, 3.63) is 47.7 Å². The van der Waals surface area contributed by atoms with Gasteiger partial charge in [-0.25, -0.2) is 0 Å². The third-order valence-electron chi connectivity index (χ3n) is 2.40. The molecule has 1 aromatic carbocycles. The number of nitrogens with zero attached hydrogens (tertiary/aromatic N) is 1. The third-order valence-corrected chi connectivity index (χ3v) is 2.40. The first-order valence-corrected chi connectivity index (χ1v) is 4.89. The van der Waals surface area contributed by atoms with Gasteiger partial charge in [-0.05, 0) is 49.2 Å². The van der Waals surface area contributed by atoms with Crippen molar-refractivity contribution in [2.75, 3.05) is 0 Å². The van der Waals surface area contributed by atoms with Gasteiger partial charge in [-0.15, -0.1) is 0 Å². The molecule has 1 N–H and O–H groups in total. The Morgan fingerprint density at radius 2 is 1.87 bits per heavy atom. The number of benzene rings is 1. The zero-order chi connectivity index (χ0) is 10.8. The number of hydrogen-bond donors (Lipinski definition) is 1. The summed E-state index contributed by atoms with van der Waals surface area (Å²) in [6.07, 6.45) is 1.84. The quantitative estimate of drug-likeness (QED) is 0.765. The number of hydrogen-bond acceptors (Lipinski definition) is 2. The lowest BCUT2D eigenvalue weighted by atomic mass is 10.1. The van der Waals surface area contributed by atoms with Gasteiger partial charge in [-0.2, -0.15) is 0 Å². The molecular formula is C13H13NO. The molecule has 0 saturated carbocycles. The Kier molecular flexibility index (Phi) is 2.42. The van der Waals surface area contributed by atoms with E-state index in [1.807, 2.05) is 44.3 Å². The van der Waals surface area contributed by atoms with E-state index in [4.69, 9.17) is 0 Å². The smallest absolute Gasteiger partial charge is 0.118 e. The van der Waals surface area contributed by atoms with Crippen LogP contribution in [0.15, 0.2) is 36.5 Å². The minimum absolute atomic E-state index is 0.325. The molecule has 1 aromatic heterocycles. The summed E-state index contributed by atoms with van der Waals surface area (Å²) in [5.74, 6) is 0.325. The van der Waals surface area contributed by atoms with Gasteiger partial charge in [0.25, 0.3) is 0 Å². The van der Waals surface area contributed by atoms with Gasteiger partial charge in [0, 0.05) is 11.8 Å². The topological polar surface area (TPSA) is 33.1 Å². The molecular weight excluding hydrogens is 186 g/mol. The van der Waals surface area contributed by atoms with Gasteiger partial charge in [0.2, 0.25) is 0 Å². The molecule has 0 saturated heterocycles. The highest BCUT2D eigenvalue weighted by Crippen LogP contribution is 2.23. The van der Waals surface area contributed by atoms with Crippen molar-refractivity contribution in [2.24, 2.45) is 0 Å². The molecule has 2 heteroatoms. The second kappa shape index (κ2) is 3.73. The Labute approximate surface area is 89.2 Å². The summed E-state index contributed by atoms with van der Waals surface area (Å²) >= 11 is 0. The van der Waals surface area contributed by atoms with E-state index in [9.17, 15) is 5.11 Å². The average Bonchev–Trinajstić information content (AvgIpc) is 2.23. The summed E-state index contributed by atoms with van der Waals surface area (Å²) in [5.41, 5.74) is 3.98. The molecule has 0 spiro atoms. The number of phenols is 1. The average molecular weight is 199 g/mol. The fourth-order valence-electron chi connectivity index (χ4n) is 1.45.